The highest BCUT2D eigenvalue weighted by molar-refractivity contribution is 5.91. The molecule has 1 aliphatic rings. The van der Waals surface area contributed by atoms with Crippen molar-refractivity contribution in [3.63, 3.8) is 0 Å². The third-order valence-corrected chi connectivity index (χ3v) is 4.13. The molecule has 1 saturated heterocycles. The third kappa shape index (κ3) is 3.43. The maximum absolute atomic E-state index is 12.4. The van der Waals surface area contributed by atoms with E-state index in [0.717, 1.165) is 37.0 Å². The number of carbonyl (C=O) groups excluding carboxylic acids is 1. The summed E-state index contributed by atoms with van der Waals surface area (Å²) in [4.78, 5) is 19.0. The number of amides is 1. The van der Waals surface area contributed by atoms with Crippen LogP contribution >= 0.6 is 0 Å². The van der Waals surface area contributed by atoms with Crippen LogP contribution in [0.4, 0.5) is 5.82 Å². The summed E-state index contributed by atoms with van der Waals surface area (Å²) in [5, 5.41) is 10.5. The number of aromatic nitrogens is 4. The van der Waals surface area contributed by atoms with E-state index in [4.69, 9.17) is 0 Å². The molecule has 23 heavy (non-hydrogen) atoms. The standard InChI is InChI=1S/C15H23N7O/c1-11-8-13(21(3)19-11)18-14(23)10-22-7-4-16-9-12(22)15-17-5-6-20(15)2/h5-6,8,12,16H,4,7,9-10H2,1-3H3,(H,18,23). The Hall–Kier alpha value is -2.19. The van der Waals surface area contributed by atoms with Gasteiger partial charge in [-0.1, -0.05) is 0 Å². The molecule has 0 aliphatic carbocycles. The predicted molar refractivity (Wildman–Crippen MR) is 87.0 cm³/mol. The molecular formula is C15H23N7O. The van der Waals surface area contributed by atoms with Crippen LogP contribution < -0.4 is 10.6 Å². The zero-order chi connectivity index (χ0) is 16.4. The van der Waals surface area contributed by atoms with E-state index in [-0.39, 0.29) is 11.9 Å². The Bertz CT molecular complexity index is 690. The zero-order valence-corrected chi connectivity index (χ0v) is 13.8. The number of rotatable bonds is 4. The second-order valence-electron chi connectivity index (χ2n) is 5.93. The van der Waals surface area contributed by atoms with Gasteiger partial charge in [-0.3, -0.25) is 14.4 Å². The fraction of sp³-hybridized carbons (Fsp3) is 0.533. The fourth-order valence-electron chi connectivity index (χ4n) is 2.98. The van der Waals surface area contributed by atoms with Gasteiger partial charge in [0, 0.05) is 52.2 Å². The molecule has 0 bridgehead atoms. The second kappa shape index (κ2) is 6.51. The summed E-state index contributed by atoms with van der Waals surface area (Å²) in [6.07, 6.45) is 3.72. The van der Waals surface area contributed by atoms with Crippen LogP contribution in [-0.2, 0) is 18.9 Å². The summed E-state index contributed by atoms with van der Waals surface area (Å²) < 4.78 is 3.69. The predicted octanol–water partition coefficient (Wildman–Crippen LogP) is 0.0470. The first kappa shape index (κ1) is 15.7. The Morgan fingerprint density at radius 3 is 2.96 bits per heavy atom. The van der Waals surface area contributed by atoms with Crippen LogP contribution in [0.3, 0.4) is 0 Å². The van der Waals surface area contributed by atoms with Gasteiger partial charge >= 0.3 is 0 Å². The van der Waals surface area contributed by atoms with Crippen molar-refractivity contribution in [2.24, 2.45) is 14.1 Å². The quantitative estimate of drug-likeness (QED) is 0.833. The van der Waals surface area contributed by atoms with Gasteiger partial charge in [0.15, 0.2) is 0 Å². The molecule has 0 aromatic carbocycles. The van der Waals surface area contributed by atoms with Gasteiger partial charge < -0.3 is 15.2 Å². The van der Waals surface area contributed by atoms with E-state index in [1.807, 2.05) is 37.8 Å². The minimum atomic E-state index is -0.0332. The van der Waals surface area contributed by atoms with Crippen LogP contribution in [0.1, 0.15) is 17.6 Å². The molecule has 8 nitrogen and oxygen atoms in total. The molecule has 1 aliphatic heterocycles. The van der Waals surface area contributed by atoms with Gasteiger partial charge in [0.25, 0.3) is 0 Å². The van der Waals surface area contributed by atoms with Crippen molar-refractivity contribution in [1.82, 2.24) is 29.5 Å². The topological polar surface area (TPSA) is 80.0 Å². The lowest BCUT2D eigenvalue weighted by Crippen LogP contribution is -2.49. The first-order chi connectivity index (χ1) is 11.0. The highest BCUT2D eigenvalue weighted by atomic mass is 16.2. The molecule has 1 fully saturated rings. The van der Waals surface area contributed by atoms with E-state index in [9.17, 15) is 4.79 Å². The maximum atomic E-state index is 12.4. The summed E-state index contributed by atoms with van der Waals surface area (Å²) in [6, 6.07) is 1.97. The molecular weight excluding hydrogens is 294 g/mol. The lowest BCUT2D eigenvalue weighted by Gasteiger charge is -2.35. The summed E-state index contributed by atoms with van der Waals surface area (Å²) >= 11 is 0. The number of nitrogens with zero attached hydrogens (tertiary/aromatic N) is 5. The number of piperazine rings is 1. The van der Waals surface area contributed by atoms with E-state index < -0.39 is 0 Å². The SMILES string of the molecule is Cc1cc(NC(=O)CN2CCNCC2c2nccn2C)n(C)n1. The number of anilines is 1. The largest absolute Gasteiger partial charge is 0.337 e. The monoisotopic (exact) mass is 317 g/mol. The van der Waals surface area contributed by atoms with Crippen molar-refractivity contribution in [2.45, 2.75) is 13.0 Å². The van der Waals surface area contributed by atoms with E-state index in [1.165, 1.54) is 0 Å². The molecule has 0 radical (unpaired) electrons. The fourth-order valence-corrected chi connectivity index (χ4v) is 2.98. The molecule has 1 unspecified atom stereocenters. The Morgan fingerprint density at radius 2 is 2.30 bits per heavy atom. The highest BCUT2D eigenvalue weighted by Gasteiger charge is 2.28. The highest BCUT2D eigenvalue weighted by Crippen LogP contribution is 2.20. The normalized spacial score (nSPS) is 19.0. The summed E-state index contributed by atoms with van der Waals surface area (Å²) in [6.45, 7) is 4.73. The van der Waals surface area contributed by atoms with Gasteiger partial charge in [-0.25, -0.2) is 4.98 Å². The average molecular weight is 317 g/mol. The van der Waals surface area contributed by atoms with Crippen LogP contribution in [0.15, 0.2) is 18.5 Å². The number of nitrogens with one attached hydrogen (secondary N) is 2. The minimum absolute atomic E-state index is 0.0332. The Morgan fingerprint density at radius 1 is 1.48 bits per heavy atom. The van der Waals surface area contributed by atoms with Gasteiger partial charge in [0.2, 0.25) is 5.91 Å². The van der Waals surface area contributed by atoms with Crippen LogP contribution in [0, 0.1) is 6.92 Å². The van der Waals surface area contributed by atoms with Crippen LogP contribution in [-0.4, -0.2) is 56.3 Å². The zero-order valence-electron chi connectivity index (χ0n) is 13.8. The lowest BCUT2D eigenvalue weighted by atomic mass is 10.1. The van der Waals surface area contributed by atoms with Gasteiger partial charge in [0.1, 0.15) is 11.6 Å². The molecule has 8 heteroatoms. The molecule has 3 rings (SSSR count). The molecule has 124 valence electrons. The molecule has 3 heterocycles. The summed E-state index contributed by atoms with van der Waals surface area (Å²) in [7, 11) is 3.80. The van der Waals surface area contributed by atoms with Crippen molar-refractivity contribution in [2.75, 3.05) is 31.5 Å². The van der Waals surface area contributed by atoms with Gasteiger partial charge in [-0.2, -0.15) is 5.10 Å². The molecule has 1 amide bonds. The lowest BCUT2D eigenvalue weighted by molar-refractivity contribution is -0.118. The summed E-state index contributed by atoms with van der Waals surface area (Å²) in [5.41, 5.74) is 0.885. The summed E-state index contributed by atoms with van der Waals surface area (Å²) in [5.74, 6) is 1.66. The van der Waals surface area contributed by atoms with Crippen molar-refractivity contribution in [3.8, 4) is 0 Å². The van der Waals surface area contributed by atoms with Gasteiger partial charge in [-0.05, 0) is 6.92 Å². The van der Waals surface area contributed by atoms with Crippen LogP contribution in [0.25, 0.3) is 0 Å². The van der Waals surface area contributed by atoms with Gasteiger partial charge in [0.05, 0.1) is 18.3 Å². The smallest absolute Gasteiger partial charge is 0.239 e. The van der Waals surface area contributed by atoms with Crippen molar-refractivity contribution < 1.29 is 4.79 Å². The number of imidazole rings is 1. The second-order valence-corrected chi connectivity index (χ2v) is 5.93. The Balaban J connectivity index is 1.68. The van der Waals surface area contributed by atoms with E-state index in [1.54, 1.807) is 10.9 Å². The minimum Gasteiger partial charge on any atom is -0.337 e. The Kier molecular flexibility index (Phi) is 4.44. The van der Waals surface area contributed by atoms with Crippen LogP contribution in [0.2, 0.25) is 0 Å². The molecule has 2 N–H and O–H groups in total. The first-order valence-corrected chi connectivity index (χ1v) is 7.77. The van der Waals surface area contributed by atoms with Crippen molar-refractivity contribution in [1.29, 1.82) is 0 Å². The number of aryl methyl sites for hydroxylation is 3. The van der Waals surface area contributed by atoms with E-state index in [2.05, 4.69) is 25.6 Å². The third-order valence-electron chi connectivity index (χ3n) is 4.13. The maximum Gasteiger partial charge on any atom is 0.239 e. The molecule has 2 aromatic heterocycles. The first-order valence-electron chi connectivity index (χ1n) is 7.77. The van der Waals surface area contributed by atoms with Gasteiger partial charge in [-0.15, -0.1) is 0 Å². The number of carbonyl (C=O) groups is 1. The molecule has 2 aromatic rings. The molecule has 1 atom stereocenters. The van der Waals surface area contributed by atoms with Crippen LogP contribution in [0.5, 0.6) is 0 Å². The molecule has 0 saturated carbocycles. The number of hydrogen-bond acceptors (Lipinski definition) is 5. The molecule has 0 spiro atoms. The average Bonchev–Trinajstić information content (AvgIpc) is 3.05. The van der Waals surface area contributed by atoms with E-state index >= 15 is 0 Å². The van der Waals surface area contributed by atoms with E-state index in [0.29, 0.717) is 6.54 Å². The number of hydrogen-bond donors (Lipinski definition) is 2. The van der Waals surface area contributed by atoms with Crippen molar-refractivity contribution >= 4 is 11.7 Å². The Labute approximate surface area is 135 Å². The van der Waals surface area contributed by atoms with Crippen molar-refractivity contribution in [3.05, 3.63) is 30.0 Å².